The van der Waals surface area contributed by atoms with Crippen LogP contribution in [0.25, 0.3) is 11.1 Å². The zero-order valence-corrected chi connectivity index (χ0v) is 20.1. The Bertz CT molecular complexity index is 1340. The number of carbonyl (C=O) groups is 2. The lowest BCUT2D eigenvalue weighted by atomic mass is 10.1. The molecule has 0 aliphatic carbocycles. The monoisotopic (exact) mass is 521 g/mol. The Hall–Kier alpha value is -5.07. The SMILES string of the molecule is NC(N)=NC(=O)OCc1cccc(-c2cnc(N3CC(=NOCCOC(=O)c4ccccc4)C3)nc2)c1F. The van der Waals surface area contributed by atoms with Crippen LogP contribution in [0.15, 0.2) is 71.1 Å². The Morgan fingerprint density at radius 1 is 0.974 bits per heavy atom. The maximum atomic E-state index is 15.0. The molecule has 1 aliphatic rings. The van der Waals surface area contributed by atoms with Crippen molar-refractivity contribution in [2.24, 2.45) is 21.6 Å². The van der Waals surface area contributed by atoms with Crippen molar-refractivity contribution in [3.63, 3.8) is 0 Å². The third-order valence-electron chi connectivity index (χ3n) is 5.24. The van der Waals surface area contributed by atoms with Gasteiger partial charge >= 0.3 is 12.1 Å². The van der Waals surface area contributed by atoms with Crippen LogP contribution in [0.4, 0.5) is 15.1 Å². The molecule has 38 heavy (non-hydrogen) atoms. The summed E-state index contributed by atoms with van der Waals surface area (Å²) in [6.45, 7) is 0.796. The van der Waals surface area contributed by atoms with Crippen molar-refractivity contribution in [2.75, 3.05) is 31.2 Å². The molecule has 4 N–H and O–H groups in total. The molecule has 0 radical (unpaired) electrons. The fourth-order valence-corrected chi connectivity index (χ4v) is 3.37. The van der Waals surface area contributed by atoms with Crippen LogP contribution in [-0.2, 0) is 20.9 Å². The standard InChI is InChI=1S/C25H24FN7O5/c26-21-17(15-37-25(35)31-23(27)28)7-4-8-20(21)18-11-29-24(30-12-18)33-13-19(14-33)32-38-10-9-36-22(34)16-5-2-1-3-6-16/h1-8,11-12H,9-10,13-15H2,(H4,27,28,31,35). The zero-order chi connectivity index (χ0) is 26.9. The number of amides is 1. The number of carbonyl (C=O) groups excluding carboxylic acids is 2. The summed E-state index contributed by atoms with van der Waals surface area (Å²) in [6, 6.07) is 13.3. The van der Waals surface area contributed by atoms with E-state index in [0.717, 1.165) is 5.71 Å². The van der Waals surface area contributed by atoms with Gasteiger partial charge in [-0.05, 0) is 12.1 Å². The number of benzene rings is 2. The first-order valence-electron chi connectivity index (χ1n) is 11.4. The summed E-state index contributed by atoms with van der Waals surface area (Å²) in [5.41, 5.74) is 12.3. The largest absolute Gasteiger partial charge is 0.458 e. The number of oxime groups is 1. The first kappa shape index (κ1) is 26.0. The first-order chi connectivity index (χ1) is 18.4. The van der Waals surface area contributed by atoms with Crippen molar-refractivity contribution in [1.82, 2.24) is 9.97 Å². The molecule has 1 aromatic heterocycles. The second-order valence-electron chi connectivity index (χ2n) is 7.99. The smallest absolute Gasteiger partial charge is 0.437 e. The Balaban J connectivity index is 1.24. The number of aromatic nitrogens is 2. The van der Waals surface area contributed by atoms with Crippen molar-refractivity contribution in [3.8, 4) is 11.1 Å². The van der Waals surface area contributed by atoms with Gasteiger partial charge in [0.05, 0.1) is 24.4 Å². The molecule has 0 bridgehead atoms. The first-order valence-corrected chi connectivity index (χ1v) is 11.4. The van der Waals surface area contributed by atoms with Crippen LogP contribution >= 0.6 is 0 Å². The summed E-state index contributed by atoms with van der Waals surface area (Å²) in [5, 5.41) is 4.03. The highest BCUT2D eigenvalue weighted by molar-refractivity contribution is 5.98. The molecular formula is C25H24FN7O5. The number of anilines is 1. The van der Waals surface area contributed by atoms with E-state index >= 15 is 0 Å². The number of guanidine groups is 1. The number of halogens is 1. The van der Waals surface area contributed by atoms with Crippen molar-refractivity contribution in [2.45, 2.75) is 6.61 Å². The van der Waals surface area contributed by atoms with Gasteiger partial charge in [0, 0.05) is 29.1 Å². The molecule has 1 saturated heterocycles. The summed E-state index contributed by atoms with van der Waals surface area (Å²) >= 11 is 0. The molecule has 2 aromatic carbocycles. The van der Waals surface area contributed by atoms with E-state index < -0.39 is 23.8 Å². The predicted molar refractivity (Wildman–Crippen MR) is 136 cm³/mol. The molecule has 0 unspecified atom stereocenters. The van der Waals surface area contributed by atoms with Gasteiger partial charge < -0.3 is 30.7 Å². The van der Waals surface area contributed by atoms with Crippen LogP contribution in [0.2, 0.25) is 0 Å². The number of ether oxygens (including phenoxy) is 2. The number of nitrogens with two attached hydrogens (primary N) is 2. The van der Waals surface area contributed by atoms with Gasteiger partial charge in [-0.25, -0.2) is 23.9 Å². The maximum absolute atomic E-state index is 15.0. The molecule has 1 amide bonds. The number of nitrogens with zero attached hydrogens (tertiary/aromatic N) is 5. The summed E-state index contributed by atoms with van der Waals surface area (Å²) < 4.78 is 24.9. The fourth-order valence-electron chi connectivity index (χ4n) is 3.37. The molecule has 1 aliphatic heterocycles. The minimum atomic E-state index is -1.02. The summed E-state index contributed by atoms with van der Waals surface area (Å²) in [5.74, 6) is -0.995. The number of aliphatic imine (C=N–C) groups is 1. The van der Waals surface area contributed by atoms with Crippen LogP contribution in [0, 0.1) is 5.82 Å². The van der Waals surface area contributed by atoms with Crippen LogP contribution in [-0.4, -0.2) is 60.0 Å². The third-order valence-corrected chi connectivity index (χ3v) is 5.24. The molecule has 0 spiro atoms. The Labute approximate surface area is 216 Å². The highest BCUT2D eigenvalue weighted by Crippen LogP contribution is 2.26. The lowest BCUT2D eigenvalue weighted by Gasteiger charge is -2.31. The van der Waals surface area contributed by atoms with Crippen molar-refractivity contribution < 1.29 is 28.3 Å². The minimum Gasteiger partial charge on any atom is -0.458 e. The molecule has 196 valence electrons. The lowest BCUT2D eigenvalue weighted by Crippen LogP contribution is -2.48. The van der Waals surface area contributed by atoms with Crippen molar-refractivity contribution in [1.29, 1.82) is 0 Å². The van der Waals surface area contributed by atoms with Crippen LogP contribution < -0.4 is 16.4 Å². The van der Waals surface area contributed by atoms with E-state index in [1.165, 1.54) is 18.5 Å². The molecule has 0 saturated carbocycles. The molecular weight excluding hydrogens is 497 g/mol. The quantitative estimate of drug-likeness (QED) is 0.140. The number of hydrogen-bond acceptors (Lipinski definition) is 9. The second-order valence-corrected chi connectivity index (χ2v) is 7.99. The topological polar surface area (TPSA) is 168 Å². The van der Waals surface area contributed by atoms with E-state index in [2.05, 4.69) is 20.1 Å². The molecule has 12 nitrogen and oxygen atoms in total. The van der Waals surface area contributed by atoms with Crippen LogP contribution in [0.3, 0.4) is 0 Å². The van der Waals surface area contributed by atoms with E-state index in [0.29, 0.717) is 30.2 Å². The minimum absolute atomic E-state index is 0.0786. The second kappa shape index (κ2) is 12.3. The molecule has 2 heterocycles. The van der Waals surface area contributed by atoms with E-state index in [-0.39, 0.29) is 30.9 Å². The number of hydrogen-bond donors (Lipinski definition) is 2. The van der Waals surface area contributed by atoms with E-state index in [1.54, 1.807) is 36.4 Å². The van der Waals surface area contributed by atoms with Gasteiger partial charge in [-0.2, -0.15) is 0 Å². The van der Waals surface area contributed by atoms with E-state index in [4.69, 9.17) is 25.8 Å². The number of rotatable bonds is 9. The Morgan fingerprint density at radius 3 is 2.42 bits per heavy atom. The Morgan fingerprint density at radius 2 is 1.71 bits per heavy atom. The summed E-state index contributed by atoms with van der Waals surface area (Å²) in [7, 11) is 0. The van der Waals surface area contributed by atoms with Gasteiger partial charge in [0.2, 0.25) is 5.95 Å². The molecule has 1 fully saturated rings. The zero-order valence-electron chi connectivity index (χ0n) is 20.1. The molecule has 0 atom stereocenters. The van der Waals surface area contributed by atoms with Crippen molar-refractivity contribution >= 4 is 29.7 Å². The van der Waals surface area contributed by atoms with Crippen molar-refractivity contribution in [3.05, 3.63) is 77.9 Å². The summed E-state index contributed by atoms with van der Waals surface area (Å²) in [4.78, 5) is 42.2. The average Bonchev–Trinajstić information content (AvgIpc) is 2.89. The van der Waals surface area contributed by atoms with Gasteiger partial charge in [0.15, 0.2) is 12.6 Å². The average molecular weight is 522 g/mol. The van der Waals surface area contributed by atoms with Crippen LogP contribution in [0.5, 0.6) is 0 Å². The normalized spacial score (nSPS) is 12.2. The fraction of sp³-hybridized carbons (Fsp3) is 0.200. The van der Waals surface area contributed by atoms with Gasteiger partial charge in [-0.3, -0.25) is 0 Å². The molecule has 3 aromatic rings. The molecule has 13 heteroatoms. The highest BCUT2D eigenvalue weighted by atomic mass is 19.1. The molecule has 4 rings (SSSR count). The third kappa shape index (κ3) is 6.78. The highest BCUT2D eigenvalue weighted by Gasteiger charge is 2.25. The summed E-state index contributed by atoms with van der Waals surface area (Å²) in [6.07, 6.45) is 1.99. The lowest BCUT2D eigenvalue weighted by molar-refractivity contribution is 0.0326. The Kier molecular flexibility index (Phi) is 8.39. The van der Waals surface area contributed by atoms with Gasteiger partial charge in [-0.15, -0.1) is 4.99 Å². The van der Waals surface area contributed by atoms with Gasteiger partial charge in [0.1, 0.15) is 19.0 Å². The number of esters is 1. The van der Waals surface area contributed by atoms with Gasteiger partial charge in [0.25, 0.3) is 0 Å². The van der Waals surface area contributed by atoms with E-state index in [1.807, 2.05) is 11.0 Å². The van der Waals surface area contributed by atoms with Gasteiger partial charge in [-0.1, -0.05) is 41.6 Å². The van der Waals surface area contributed by atoms with Crippen LogP contribution in [0.1, 0.15) is 15.9 Å². The predicted octanol–water partition coefficient (Wildman–Crippen LogP) is 2.24. The van der Waals surface area contributed by atoms with E-state index in [9.17, 15) is 14.0 Å². The maximum Gasteiger partial charge on any atom is 0.437 e.